The van der Waals surface area contributed by atoms with Crippen LogP contribution in [0.25, 0.3) is 6.08 Å². The molecule has 0 spiro atoms. The van der Waals surface area contributed by atoms with Crippen molar-refractivity contribution >= 4 is 28.5 Å². The molecule has 12 heteroatoms. The Bertz CT molecular complexity index is 1340. The molecule has 0 aliphatic heterocycles. The summed E-state index contributed by atoms with van der Waals surface area (Å²) in [5, 5.41) is 16.2. The third kappa shape index (κ3) is 7.69. The average Bonchev–Trinajstić information content (AvgIpc) is 3.34. The summed E-state index contributed by atoms with van der Waals surface area (Å²) in [6.45, 7) is 6.94. The van der Waals surface area contributed by atoms with Crippen LogP contribution in [0, 0.1) is 11.3 Å². The van der Waals surface area contributed by atoms with Crippen LogP contribution in [0.3, 0.4) is 0 Å². The zero-order chi connectivity index (χ0) is 27.9. The molecule has 0 aliphatic rings. The SMILES string of the molecule is COc1cc(/C=C(/C#N)C(=O)Nc2nnc(C(F)(F)F)s2)ccc1OCCOc1ccc(C(C)(C)C)cc1. The fourth-order valence-corrected chi connectivity index (χ4v) is 3.73. The van der Waals surface area contributed by atoms with Gasteiger partial charge in [-0.2, -0.15) is 18.4 Å². The van der Waals surface area contributed by atoms with Crippen molar-refractivity contribution in [1.29, 1.82) is 5.26 Å². The molecule has 38 heavy (non-hydrogen) atoms. The molecule has 0 unspecified atom stereocenters. The minimum atomic E-state index is -4.68. The third-order valence-electron chi connectivity index (χ3n) is 5.08. The summed E-state index contributed by atoms with van der Waals surface area (Å²) in [5.41, 5.74) is 1.34. The first-order valence-electron chi connectivity index (χ1n) is 11.3. The van der Waals surface area contributed by atoms with E-state index in [1.54, 1.807) is 24.3 Å². The van der Waals surface area contributed by atoms with Crippen molar-refractivity contribution in [2.45, 2.75) is 32.4 Å². The largest absolute Gasteiger partial charge is 0.493 e. The molecule has 8 nitrogen and oxygen atoms in total. The topological polar surface area (TPSA) is 106 Å². The number of nitrogens with zero attached hydrogens (tertiary/aromatic N) is 3. The number of amides is 1. The van der Waals surface area contributed by atoms with E-state index in [4.69, 9.17) is 14.2 Å². The molecule has 0 bridgehead atoms. The van der Waals surface area contributed by atoms with E-state index < -0.39 is 17.1 Å². The lowest BCUT2D eigenvalue weighted by molar-refractivity contribution is -0.138. The van der Waals surface area contributed by atoms with Crippen LogP contribution in [0.4, 0.5) is 18.3 Å². The van der Waals surface area contributed by atoms with E-state index in [2.05, 4.69) is 36.3 Å². The van der Waals surface area contributed by atoms with Crippen LogP contribution in [0.1, 0.15) is 36.9 Å². The second-order valence-electron chi connectivity index (χ2n) is 8.92. The van der Waals surface area contributed by atoms with E-state index >= 15 is 0 Å². The molecule has 1 heterocycles. The molecule has 1 aromatic heterocycles. The molecular formula is C26H25F3N4O4S. The van der Waals surface area contributed by atoms with Crippen molar-refractivity contribution in [1.82, 2.24) is 10.2 Å². The van der Waals surface area contributed by atoms with Gasteiger partial charge in [-0.1, -0.05) is 50.3 Å². The first-order chi connectivity index (χ1) is 17.9. The summed E-state index contributed by atoms with van der Waals surface area (Å²) in [6.07, 6.45) is -3.42. The number of carbonyl (C=O) groups excluding carboxylic acids is 1. The Balaban J connectivity index is 1.60. The van der Waals surface area contributed by atoms with Crippen molar-refractivity contribution in [3.63, 3.8) is 0 Å². The first-order valence-corrected chi connectivity index (χ1v) is 12.1. The highest BCUT2D eigenvalue weighted by Crippen LogP contribution is 2.33. The maximum Gasteiger partial charge on any atom is 0.445 e. The molecule has 0 atom stereocenters. The number of hydrogen-bond acceptors (Lipinski definition) is 8. The molecule has 200 valence electrons. The van der Waals surface area contributed by atoms with Crippen molar-refractivity contribution in [2.24, 2.45) is 0 Å². The number of nitriles is 1. The number of aromatic nitrogens is 2. The zero-order valence-corrected chi connectivity index (χ0v) is 21.9. The lowest BCUT2D eigenvalue weighted by Crippen LogP contribution is -2.13. The fourth-order valence-electron chi connectivity index (χ4n) is 3.12. The number of benzene rings is 2. The standard InChI is InChI=1S/C26H25F3N4O4S/c1-25(2,3)18-6-8-19(9-7-18)36-11-12-37-20-10-5-16(14-21(20)35-4)13-17(15-30)22(34)31-24-33-32-23(38-24)26(27,28)29/h5-10,13-14H,11-12H2,1-4H3,(H,31,33,34)/b17-13-. The highest BCUT2D eigenvalue weighted by atomic mass is 32.1. The number of carbonyl (C=O) groups is 1. The molecule has 0 aliphatic carbocycles. The predicted molar refractivity (Wildman–Crippen MR) is 136 cm³/mol. The number of rotatable bonds is 9. The summed E-state index contributed by atoms with van der Waals surface area (Å²) < 4.78 is 54.9. The minimum Gasteiger partial charge on any atom is -0.493 e. The first kappa shape index (κ1) is 28.5. The number of methoxy groups -OCH3 is 1. The van der Waals surface area contributed by atoms with Crippen LogP contribution in [0.15, 0.2) is 48.0 Å². The molecule has 3 rings (SSSR count). The van der Waals surface area contributed by atoms with Gasteiger partial charge in [-0.3, -0.25) is 10.1 Å². The van der Waals surface area contributed by atoms with Crippen LogP contribution in [-0.4, -0.2) is 36.4 Å². The number of ether oxygens (including phenoxy) is 3. The van der Waals surface area contributed by atoms with Gasteiger partial charge in [0.1, 0.15) is 30.6 Å². The number of alkyl halides is 3. The quantitative estimate of drug-likeness (QED) is 0.203. The van der Waals surface area contributed by atoms with Gasteiger partial charge in [-0.05, 0) is 46.9 Å². The van der Waals surface area contributed by atoms with Crippen molar-refractivity contribution in [2.75, 3.05) is 25.6 Å². The van der Waals surface area contributed by atoms with E-state index in [1.165, 1.54) is 18.7 Å². The number of nitrogens with one attached hydrogen (secondary N) is 1. The third-order valence-corrected chi connectivity index (χ3v) is 5.97. The normalized spacial score (nSPS) is 12.0. The smallest absolute Gasteiger partial charge is 0.445 e. The van der Waals surface area contributed by atoms with E-state index in [-0.39, 0.29) is 34.1 Å². The number of hydrogen-bond donors (Lipinski definition) is 1. The molecule has 2 aromatic carbocycles. The second-order valence-corrected chi connectivity index (χ2v) is 9.89. The summed E-state index contributed by atoms with van der Waals surface area (Å²) in [4.78, 5) is 12.4. The molecule has 1 N–H and O–H groups in total. The summed E-state index contributed by atoms with van der Waals surface area (Å²) in [6, 6.07) is 14.3. The van der Waals surface area contributed by atoms with Gasteiger partial charge in [0.25, 0.3) is 5.91 Å². The highest BCUT2D eigenvalue weighted by molar-refractivity contribution is 7.15. The van der Waals surface area contributed by atoms with Crippen LogP contribution in [0.5, 0.6) is 17.2 Å². The van der Waals surface area contributed by atoms with E-state index in [9.17, 15) is 23.2 Å². The van der Waals surface area contributed by atoms with Crippen molar-refractivity contribution in [3.8, 4) is 23.3 Å². The Kier molecular flexibility index (Phi) is 8.96. The summed E-state index contributed by atoms with van der Waals surface area (Å²) >= 11 is 0.157. The monoisotopic (exact) mass is 546 g/mol. The highest BCUT2D eigenvalue weighted by Gasteiger charge is 2.36. The zero-order valence-electron chi connectivity index (χ0n) is 21.0. The Morgan fingerprint density at radius 2 is 1.74 bits per heavy atom. The van der Waals surface area contributed by atoms with Gasteiger partial charge in [-0.15, -0.1) is 10.2 Å². The van der Waals surface area contributed by atoms with Crippen LogP contribution in [-0.2, 0) is 16.4 Å². The molecular weight excluding hydrogens is 521 g/mol. The maximum atomic E-state index is 12.7. The lowest BCUT2D eigenvalue weighted by Gasteiger charge is -2.19. The number of halogens is 3. The lowest BCUT2D eigenvalue weighted by atomic mass is 9.87. The molecule has 0 fully saturated rings. The van der Waals surface area contributed by atoms with Crippen molar-refractivity contribution in [3.05, 3.63) is 64.2 Å². The predicted octanol–water partition coefficient (Wildman–Crippen LogP) is 5.87. The second kappa shape index (κ2) is 12.0. The van der Waals surface area contributed by atoms with Crippen LogP contribution < -0.4 is 19.5 Å². The Hall–Kier alpha value is -4.11. The summed E-state index contributed by atoms with van der Waals surface area (Å²) in [7, 11) is 1.44. The molecule has 3 aromatic rings. The molecule has 0 saturated heterocycles. The summed E-state index contributed by atoms with van der Waals surface area (Å²) in [5.74, 6) is 0.571. The van der Waals surface area contributed by atoms with Gasteiger partial charge in [0.15, 0.2) is 11.5 Å². The van der Waals surface area contributed by atoms with Crippen molar-refractivity contribution < 1.29 is 32.2 Å². The molecule has 0 radical (unpaired) electrons. The van der Waals surface area contributed by atoms with E-state index in [0.29, 0.717) is 23.7 Å². The fraction of sp³-hybridized carbons (Fsp3) is 0.308. The minimum absolute atomic E-state index is 0.0524. The van der Waals surface area contributed by atoms with E-state index in [0.717, 1.165) is 5.75 Å². The van der Waals surface area contributed by atoms with Gasteiger partial charge in [-0.25, -0.2) is 0 Å². The van der Waals surface area contributed by atoms with E-state index in [1.807, 2.05) is 24.3 Å². The maximum absolute atomic E-state index is 12.7. The van der Waals surface area contributed by atoms with Crippen LogP contribution >= 0.6 is 11.3 Å². The molecule has 0 saturated carbocycles. The molecule has 1 amide bonds. The van der Waals surface area contributed by atoms with Gasteiger partial charge in [0.05, 0.1) is 7.11 Å². The van der Waals surface area contributed by atoms with Crippen LogP contribution in [0.2, 0.25) is 0 Å². The van der Waals surface area contributed by atoms with Gasteiger partial charge in [0.2, 0.25) is 10.1 Å². The Labute approximate surface area is 221 Å². The average molecular weight is 547 g/mol. The number of anilines is 1. The Morgan fingerprint density at radius 1 is 1.05 bits per heavy atom. The van der Waals surface area contributed by atoms with Gasteiger partial charge < -0.3 is 14.2 Å². The van der Waals surface area contributed by atoms with Gasteiger partial charge in [0, 0.05) is 0 Å². The Morgan fingerprint density at radius 3 is 2.32 bits per heavy atom. The van der Waals surface area contributed by atoms with Gasteiger partial charge >= 0.3 is 6.18 Å².